The van der Waals surface area contributed by atoms with E-state index in [4.69, 9.17) is 0 Å². The predicted octanol–water partition coefficient (Wildman–Crippen LogP) is 4.32. The molecule has 0 unspecified atom stereocenters. The van der Waals surface area contributed by atoms with Crippen LogP contribution >= 0.6 is 15.9 Å². The van der Waals surface area contributed by atoms with Gasteiger partial charge in [-0.2, -0.15) is 0 Å². The SMILES string of the molecule is Cc1ccc(F)cc1CC(=O)c1ccc(Br)cc1. The normalized spacial score (nSPS) is 10.4. The summed E-state index contributed by atoms with van der Waals surface area (Å²) in [6, 6.07) is 11.7. The van der Waals surface area contributed by atoms with E-state index < -0.39 is 0 Å². The number of hydrogen-bond donors (Lipinski definition) is 0. The number of Topliss-reactive ketones (excluding diaryl/α,β-unsaturated/α-hetero) is 1. The minimum Gasteiger partial charge on any atom is -0.294 e. The standard InChI is InChI=1S/C15H12BrFO/c1-10-2-7-14(17)8-12(10)9-15(18)11-3-5-13(16)6-4-11/h2-8H,9H2,1H3. The van der Waals surface area contributed by atoms with Gasteiger partial charge in [0.1, 0.15) is 5.82 Å². The number of aryl methyl sites for hydroxylation is 1. The number of ketones is 1. The van der Waals surface area contributed by atoms with E-state index in [1.165, 1.54) is 12.1 Å². The third-order valence-electron chi connectivity index (χ3n) is 2.83. The first-order valence-electron chi connectivity index (χ1n) is 5.60. The Hall–Kier alpha value is -1.48. The molecule has 3 heteroatoms. The van der Waals surface area contributed by atoms with Crippen molar-refractivity contribution in [3.8, 4) is 0 Å². The Morgan fingerprint density at radius 3 is 2.50 bits per heavy atom. The molecule has 0 aliphatic heterocycles. The Morgan fingerprint density at radius 2 is 1.83 bits per heavy atom. The highest BCUT2D eigenvalue weighted by Gasteiger charge is 2.09. The van der Waals surface area contributed by atoms with E-state index in [0.717, 1.165) is 15.6 Å². The zero-order chi connectivity index (χ0) is 13.1. The van der Waals surface area contributed by atoms with Crippen LogP contribution in [0.3, 0.4) is 0 Å². The van der Waals surface area contributed by atoms with Gasteiger partial charge in [-0.3, -0.25) is 4.79 Å². The van der Waals surface area contributed by atoms with Gasteiger partial charge in [-0.15, -0.1) is 0 Å². The number of carbonyl (C=O) groups excluding carboxylic acids is 1. The van der Waals surface area contributed by atoms with Crippen molar-refractivity contribution in [1.82, 2.24) is 0 Å². The van der Waals surface area contributed by atoms with Gasteiger partial charge in [0, 0.05) is 16.5 Å². The largest absolute Gasteiger partial charge is 0.294 e. The summed E-state index contributed by atoms with van der Waals surface area (Å²) in [4.78, 5) is 12.1. The second-order valence-electron chi connectivity index (χ2n) is 4.18. The molecule has 2 aromatic rings. The lowest BCUT2D eigenvalue weighted by molar-refractivity contribution is 0.0992. The second-order valence-corrected chi connectivity index (χ2v) is 5.09. The first-order valence-corrected chi connectivity index (χ1v) is 6.39. The molecule has 0 saturated carbocycles. The molecular weight excluding hydrogens is 295 g/mol. The number of hydrogen-bond acceptors (Lipinski definition) is 1. The van der Waals surface area contributed by atoms with Crippen molar-refractivity contribution in [3.63, 3.8) is 0 Å². The van der Waals surface area contributed by atoms with Gasteiger partial charge in [-0.1, -0.05) is 34.1 Å². The number of benzene rings is 2. The summed E-state index contributed by atoms with van der Waals surface area (Å²) in [6.07, 6.45) is 0.227. The van der Waals surface area contributed by atoms with Crippen molar-refractivity contribution in [2.24, 2.45) is 0 Å². The van der Waals surface area contributed by atoms with E-state index in [1.54, 1.807) is 18.2 Å². The van der Waals surface area contributed by atoms with Crippen molar-refractivity contribution >= 4 is 21.7 Å². The van der Waals surface area contributed by atoms with Crippen LogP contribution in [0.2, 0.25) is 0 Å². The van der Waals surface area contributed by atoms with Crippen LogP contribution in [0.25, 0.3) is 0 Å². The maximum Gasteiger partial charge on any atom is 0.167 e. The van der Waals surface area contributed by atoms with Crippen LogP contribution in [0.4, 0.5) is 4.39 Å². The van der Waals surface area contributed by atoms with E-state index in [9.17, 15) is 9.18 Å². The second kappa shape index (κ2) is 5.44. The molecule has 2 rings (SSSR count). The minimum absolute atomic E-state index is 0.00352. The fraction of sp³-hybridized carbons (Fsp3) is 0.133. The van der Waals surface area contributed by atoms with Gasteiger partial charge in [0.2, 0.25) is 0 Å². The van der Waals surface area contributed by atoms with Gasteiger partial charge in [0.25, 0.3) is 0 Å². The lowest BCUT2D eigenvalue weighted by Gasteiger charge is -2.05. The molecular formula is C15H12BrFO. The first kappa shape index (κ1) is 13.0. The summed E-state index contributed by atoms with van der Waals surface area (Å²) in [5, 5.41) is 0. The molecule has 0 amide bonds. The van der Waals surface area contributed by atoms with Gasteiger partial charge in [0.15, 0.2) is 5.78 Å². The monoisotopic (exact) mass is 306 g/mol. The molecule has 0 aliphatic rings. The van der Waals surface area contributed by atoms with E-state index in [0.29, 0.717) is 5.56 Å². The van der Waals surface area contributed by atoms with Gasteiger partial charge in [-0.05, 0) is 42.3 Å². The fourth-order valence-electron chi connectivity index (χ4n) is 1.74. The summed E-state index contributed by atoms with van der Waals surface area (Å²) in [5.41, 5.74) is 2.31. The predicted molar refractivity (Wildman–Crippen MR) is 73.3 cm³/mol. The molecule has 0 aromatic heterocycles. The molecule has 0 heterocycles. The molecule has 0 saturated heterocycles. The third kappa shape index (κ3) is 3.05. The highest BCUT2D eigenvalue weighted by molar-refractivity contribution is 9.10. The van der Waals surface area contributed by atoms with Crippen molar-refractivity contribution in [2.45, 2.75) is 13.3 Å². The van der Waals surface area contributed by atoms with Crippen LogP contribution < -0.4 is 0 Å². The number of rotatable bonds is 3. The first-order chi connectivity index (χ1) is 8.56. The summed E-state index contributed by atoms with van der Waals surface area (Å²) < 4.78 is 14.1. The van der Waals surface area contributed by atoms with E-state index in [1.807, 2.05) is 19.1 Å². The molecule has 0 atom stereocenters. The van der Waals surface area contributed by atoms with Gasteiger partial charge >= 0.3 is 0 Å². The molecule has 0 aliphatic carbocycles. The molecule has 2 aromatic carbocycles. The van der Waals surface area contributed by atoms with E-state index in [-0.39, 0.29) is 18.0 Å². The quantitative estimate of drug-likeness (QED) is 0.772. The third-order valence-corrected chi connectivity index (χ3v) is 3.36. The lowest BCUT2D eigenvalue weighted by atomic mass is 9.99. The van der Waals surface area contributed by atoms with Crippen LogP contribution in [-0.2, 0) is 6.42 Å². The Balaban J connectivity index is 2.21. The summed E-state index contributed by atoms with van der Waals surface area (Å²) in [5.74, 6) is -0.310. The van der Waals surface area contributed by atoms with Gasteiger partial charge < -0.3 is 0 Å². The van der Waals surface area contributed by atoms with Crippen LogP contribution in [0, 0.1) is 12.7 Å². The Kier molecular flexibility index (Phi) is 3.92. The maximum atomic E-state index is 13.1. The van der Waals surface area contributed by atoms with Gasteiger partial charge in [-0.25, -0.2) is 4.39 Å². The van der Waals surface area contributed by atoms with E-state index in [2.05, 4.69) is 15.9 Å². The van der Waals surface area contributed by atoms with Crippen molar-refractivity contribution in [2.75, 3.05) is 0 Å². The molecule has 0 bridgehead atoms. The highest BCUT2D eigenvalue weighted by atomic mass is 79.9. The number of carbonyl (C=O) groups is 1. The average Bonchev–Trinajstić information content (AvgIpc) is 2.34. The molecule has 0 spiro atoms. The minimum atomic E-state index is -0.306. The van der Waals surface area contributed by atoms with Crippen molar-refractivity contribution in [1.29, 1.82) is 0 Å². The smallest absolute Gasteiger partial charge is 0.167 e. The molecule has 0 radical (unpaired) electrons. The summed E-state index contributed by atoms with van der Waals surface area (Å²) in [6.45, 7) is 1.88. The fourth-order valence-corrected chi connectivity index (χ4v) is 2.01. The lowest BCUT2D eigenvalue weighted by Crippen LogP contribution is -2.05. The van der Waals surface area contributed by atoms with Crippen LogP contribution in [0.15, 0.2) is 46.9 Å². The van der Waals surface area contributed by atoms with Crippen molar-refractivity contribution < 1.29 is 9.18 Å². The molecule has 1 nitrogen and oxygen atoms in total. The molecule has 18 heavy (non-hydrogen) atoms. The van der Waals surface area contributed by atoms with Gasteiger partial charge in [0.05, 0.1) is 0 Å². The molecule has 92 valence electrons. The molecule has 0 N–H and O–H groups in total. The number of halogens is 2. The Bertz CT molecular complexity index is 576. The average molecular weight is 307 g/mol. The Labute approximate surface area is 114 Å². The molecule has 0 fully saturated rings. The zero-order valence-corrected chi connectivity index (χ0v) is 11.5. The zero-order valence-electron chi connectivity index (χ0n) is 9.91. The van der Waals surface area contributed by atoms with Crippen molar-refractivity contribution in [3.05, 3.63) is 69.4 Å². The highest BCUT2D eigenvalue weighted by Crippen LogP contribution is 2.15. The van der Waals surface area contributed by atoms with Crippen LogP contribution in [-0.4, -0.2) is 5.78 Å². The van der Waals surface area contributed by atoms with Crippen LogP contribution in [0.5, 0.6) is 0 Å². The summed E-state index contributed by atoms with van der Waals surface area (Å²) in [7, 11) is 0. The van der Waals surface area contributed by atoms with Crippen LogP contribution in [0.1, 0.15) is 21.5 Å². The van der Waals surface area contributed by atoms with E-state index >= 15 is 0 Å². The topological polar surface area (TPSA) is 17.1 Å². The maximum absolute atomic E-state index is 13.1. The Morgan fingerprint density at radius 1 is 1.17 bits per heavy atom. The summed E-state index contributed by atoms with van der Waals surface area (Å²) >= 11 is 3.32.